The first-order chi connectivity index (χ1) is 17.3. The lowest BCUT2D eigenvalue weighted by molar-refractivity contribution is -0.137. The number of nitrogens with zero attached hydrogens (tertiary/aromatic N) is 3. The van der Waals surface area contributed by atoms with Crippen molar-refractivity contribution in [3.05, 3.63) is 53.5 Å². The van der Waals surface area contributed by atoms with Crippen LogP contribution in [-0.4, -0.2) is 86.7 Å². The highest BCUT2D eigenvalue weighted by Gasteiger charge is 2.43. The molecule has 1 aromatic heterocycles. The van der Waals surface area contributed by atoms with E-state index in [1.165, 1.54) is 12.3 Å². The molecule has 0 radical (unpaired) electrons. The molecule has 0 spiro atoms. The molecule has 11 heteroatoms. The number of halogens is 3. The number of carbonyl (C=O) groups excluding carboxylic acids is 2. The Morgan fingerprint density at radius 1 is 1.08 bits per heavy atom. The van der Waals surface area contributed by atoms with Crippen molar-refractivity contribution in [3.8, 4) is 0 Å². The van der Waals surface area contributed by atoms with E-state index in [1.807, 2.05) is 4.90 Å². The third-order valence-corrected chi connectivity index (χ3v) is 7.23. The zero-order valence-electron chi connectivity index (χ0n) is 19.8. The summed E-state index contributed by atoms with van der Waals surface area (Å²) in [5, 5.41) is 2.99. The first-order valence-corrected chi connectivity index (χ1v) is 12.2. The summed E-state index contributed by atoms with van der Waals surface area (Å²) >= 11 is 0. The Labute approximate surface area is 207 Å². The predicted octanol–water partition coefficient (Wildman–Crippen LogP) is 2.25. The van der Waals surface area contributed by atoms with Gasteiger partial charge in [0.2, 0.25) is 5.91 Å². The molecular formula is C25H29F3N4O4. The molecule has 4 heterocycles. The quantitative estimate of drug-likeness (QED) is 0.671. The van der Waals surface area contributed by atoms with E-state index in [0.717, 1.165) is 25.2 Å². The van der Waals surface area contributed by atoms with Crippen LogP contribution in [0, 0.1) is 5.92 Å². The van der Waals surface area contributed by atoms with Crippen LogP contribution in [0.25, 0.3) is 0 Å². The fourth-order valence-electron chi connectivity index (χ4n) is 5.33. The number of amides is 2. The summed E-state index contributed by atoms with van der Waals surface area (Å²) in [6.45, 7) is 5.09. The lowest BCUT2D eigenvalue weighted by atomic mass is 9.82. The average Bonchev–Trinajstić information content (AvgIpc) is 3.42. The highest BCUT2D eigenvalue weighted by atomic mass is 19.4. The number of nitrogens with one attached hydrogen (secondary N) is 1. The molecule has 8 nitrogen and oxygen atoms in total. The van der Waals surface area contributed by atoms with Crippen LogP contribution in [0.1, 0.15) is 21.7 Å². The normalized spacial score (nSPS) is 22.6. The predicted molar refractivity (Wildman–Crippen MR) is 125 cm³/mol. The molecule has 2 saturated heterocycles. The van der Waals surface area contributed by atoms with E-state index < -0.39 is 17.7 Å². The largest absolute Gasteiger partial charge is 0.459 e. The maximum absolute atomic E-state index is 13.4. The van der Waals surface area contributed by atoms with Crippen molar-refractivity contribution in [3.63, 3.8) is 0 Å². The van der Waals surface area contributed by atoms with E-state index in [2.05, 4.69) is 10.2 Å². The topological polar surface area (TPSA) is 78.3 Å². The fraction of sp³-hybridized carbons (Fsp3) is 0.520. The number of ether oxygens (including phenoxy) is 1. The molecule has 3 aliphatic heterocycles. The van der Waals surface area contributed by atoms with Gasteiger partial charge < -0.3 is 24.3 Å². The molecule has 1 N–H and O–H groups in total. The van der Waals surface area contributed by atoms with Crippen molar-refractivity contribution in [2.45, 2.75) is 18.6 Å². The molecule has 2 aromatic rings. The maximum Gasteiger partial charge on any atom is 0.416 e. The van der Waals surface area contributed by atoms with Gasteiger partial charge in [-0.15, -0.1) is 0 Å². The molecule has 0 saturated carbocycles. The van der Waals surface area contributed by atoms with Gasteiger partial charge in [-0.05, 0) is 42.3 Å². The minimum atomic E-state index is -4.46. The molecule has 2 fully saturated rings. The van der Waals surface area contributed by atoms with E-state index in [9.17, 15) is 22.8 Å². The molecule has 0 bridgehead atoms. The standard InChI is InChI=1S/C25H29F3N4O4/c26-25(27,28)18-3-4-20-17(14-18)15-19(23(33)29-5-6-30-9-12-35-13-10-30)21-16-31(7-8-32(20)21)24(34)22-2-1-11-36-22/h1-4,11,14,19,21H,5-10,12-13,15-16H2,(H,29,33). The third kappa shape index (κ3) is 5.08. The van der Waals surface area contributed by atoms with Crippen molar-refractivity contribution >= 4 is 17.5 Å². The number of rotatable bonds is 5. The van der Waals surface area contributed by atoms with Crippen molar-refractivity contribution in [2.75, 3.05) is 63.9 Å². The van der Waals surface area contributed by atoms with Crippen LogP contribution in [0.5, 0.6) is 0 Å². The van der Waals surface area contributed by atoms with Gasteiger partial charge >= 0.3 is 6.18 Å². The molecular weight excluding hydrogens is 477 g/mol. The van der Waals surface area contributed by atoms with Crippen LogP contribution >= 0.6 is 0 Å². The van der Waals surface area contributed by atoms with E-state index in [0.29, 0.717) is 50.6 Å². The molecule has 1 aromatic carbocycles. The Bertz CT molecular complexity index is 1090. The van der Waals surface area contributed by atoms with Gasteiger partial charge in [0.1, 0.15) is 0 Å². The number of alkyl halides is 3. The number of hydrogen-bond acceptors (Lipinski definition) is 6. The number of carbonyl (C=O) groups is 2. The lowest BCUT2D eigenvalue weighted by Gasteiger charge is -2.49. The smallest absolute Gasteiger partial charge is 0.416 e. The van der Waals surface area contributed by atoms with Gasteiger partial charge in [0, 0.05) is 51.5 Å². The van der Waals surface area contributed by atoms with Crippen LogP contribution in [0.15, 0.2) is 41.0 Å². The van der Waals surface area contributed by atoms with Crippen LogP contribution in [0.3, 0.4) is 0 Å². The Morgan fingerprint density at radius 2 is 1.89 bits per heavy atom. The minimum Gasteiger partial charge on any atom is -0.459 e. The van der Waals surface area contributed by atoms with Crippen LogP contribution in [0.4, 0.5) is 18.9 Å². The van der Waals surface area contributed by atoms with Gasteiger partial charge in [-0.25, -0.2) is 0 Å². The Hall–Kier alpha value is -3.05. The maximum atomic E-state index is 13.4. The summed E-state index contributed by atoms with van der Waals surface area (Å²) in [6, 6.07) is 6.61. The fourth-order valence-corrected chi connectivity index (χ4v) is 5.33. The average molecular weight is 507 g/mol. The van der Waals surface area contributed by atoms with Gasteiger partial charge in [0.05, 0.1) is 37.0 Å². The Morgan fingerprint density at radius 3 is 2.61 bits per heavy atom. The first-order valence-electron chi connectivity index (χ1n) is 12.2. The summed E-state index contributed by atoms with van der Waals surface area (Å²) in [5.41, 5.74) is 0.466. The molecule has 2 atom stereocenters. The van der Waals surface area contributed by atoms with E-state index >= 15 is 0 Å². The molecule has 3 aliphatic rings. The molecule has 5 rings (SSSR count). The number of benzene rings is 1. The van der Waals surface area contributed by atoms with Crippen molar-refractivity contribution in [2.24, 2.45) is 5.92 Å². The zero-order valence-corrected chi connectivity index (χ0v) is 19.8. The SMILES string of the molecule is O=C(NCCN1CCOCC1)C1Cc2cc(C(F)(F)F)ccc2N2CCN(C(=O)c3ccco3)CC12. The van der Waals surface area contributed by atoms with Crippen molar-refractivity contribution < 1.29 is 31.9 Å². The number of fused-ring (bicyclic) bond motifs is 3. The first kappa shape index (κ1) is 24.6. The van der Waals surface area contributed by atoms with Gasteiger partial charge in [0.25, 0.3) is 5.91 Å². The monoisotopic (exact) mass is 506 g/mol. The highest BCUT2D eigenvalue weighted by molar-refractivity contribution is 5.92. The van der Waals surface area contributed by atoms with Crippen molar-refractivity contribution in [1.82, 2.24) is 15.1 Å². The Balaban J connectivity index is 1.36. The molecule has 0 aliphatic carbocycles. The number of hydrogen-bond donors (Lipinski definition) is 1. The van der Waals surface area contributed by atoms with Crippen LogP contribution < -0.4 is 10.2 Å². The second-order valence-corrected chi connectivity index (χ2v) is 9.39. The number of piperazine rings is 1. The molecule has 2 amide bonds. The highest BCUT2D eigenvalue weighted by Crippen LogP contribution is 2.40. The van der Waals surface area contributed by atoms with E-state index in [4.69, 9.17) is 9.15 Å². The van der Waals surface area contributed by atoms with Crippen molar-refractivity contribution in [1.29, 1.82) is 0 Å². The molecule has 36 heavy (non-hydrogen) atoms. The zero-order chi connectivity index (χ0) is 25.3. The summed E-state index contributed by atoms with van der Waals surface area (Å²) in [6.07, 6.45) is -2.86. The second-order valence-electron chi connectivity index (χ2n) is 9.39. The lowest BCUT2D eigenvalue weighted by Crippen LogP contribution is -2.62. The number of furan rings is 1. The van der Waals surface area contributed by atoms with Gasteiger partial charge in [-0.3, -0.25) is 14.5 Å². The molecule has 194 valence electrons. The molecule has 2 unspecified atom stereocenters. The van der Waals surface area contributed by atoms with Gasteiger partial charge in [-0.2, -0.15) is 13.2 Å². The van der Waals surface area contributed by atoms with E-state index in [1.54, 1.807) is 17.0 Å². The summed E-state index contributed by atoms with van der Waals surface area (Å²) < 4.78 is 50.8. The minimum absolute atomic E-state index is 0.173. The second kappa shape index (κ2) is 10.1. The van der Waals surface area contributed by atoms with Gasteiger partial charge in [0.15, 0.2) is 5.76 Å². The van der Waals surface area contributed by atoms with Crippen LogP contribution in [-0.2, 0) is 22.1 Å². The summed E-state index contributed by atoms with van der Waals surface area (Å²) in [4.78, 5) is 32.1. The third-order valence-electron chi connectivity index (χ3n) is 7.23. The Kier molecular flexibility index (Phi) is 6.94. The number of morpholine rings is 1. The van der Waals surface area contributed by atoms with E-state index in [-0.39, 0.29) is 36.6 Å². The van der Waals surface area contributed by atoms with Crippen LogP contribution in [0.2, 0.25) is 0 Å². The summed E-state index contributed by atoms with van der Waals surface area (Å²) in [7, 11) is 0. The summed E-state index contributed by atoms with van der Waals surface area (Å²) in [5.74, 6) is -0.850. The van der Waals surface area contributed by atoms with Gasteiger partial charge in [-0.1, -0.05) is 0 Å². The number of anilines is 1.